The van der Waals surface area contributed by atoms with Crippen LogP contribution >= 0.6 is 0 Å². The molecule has 0 heterocycles. The minimum atomic E-state index is -0.136. The molecule has 0 fully saturated rings. The summed E-state index contributed by atoms with van der Waals surface area (Å²) in [6.07, 6.45) is 7.84. The molecule has 0 aromatic heterocycles. The zero-order valence-corrected chi connectivity index (χ0v) is 15.6. The van der Waals surface area contributed by atoms with Crippen LogP contribution < -0.4 is 0 Å². The van der Waals surface area contributed by atoms with Gasteiger partial charge in [0.15, 0.2) is 0 Å². The summed E-state index contributed by atoms with van der Waals surface area (Å²) >= 11 is 0. The van der Waals surface area contributed by atoms with Crippen LogP contribution in [0.2, 0.25) is 0 Å². The molecule has 0 saturated heterocycles. The fourth-order valence-corrected chi connectivity index (χ4v) is 3.85. The van der Waals surface area contributed by atoms with Gasteiger partial charge in [-0.05, 0) is 57.1 Å². The molecule has 0 saturated carbocycles. The summed E-state index contributed by atoms with van der Waals surface area (Å²) < 4.78 is 0. The van der Waals surface area contributed by atoms with Gasteiger partial charge in [0.2, 0.25) is 0 Å². The number of aromatic hydroxyl groups is 2. The van der Waals surface area contributed by atoms with Crippen LogP contribution in [0.25, 0.3) is 0 Å². The average molecular weight is 339 g/mol. The largest absolute Gasteiger partial charge is 0.507 e. The van der Waals surface area contributed by atoms with Crippen LogP contribution in [-0.4, -0.2) is 10.2 Å². The van der Waals surface area contributed by atoms with Crippen molar-refractivity contribution in [1.82, 2.24) is 0 Å². The van der Waals surface area contributed by atoms with Gasteiger partial charge in [-0.15, -0.1) is 0 Å². The molecule has 2 rings (SSSR count). The van der Waals surface area contributed by atoms with E-state index in [0.29, 0.717) is 17.5 Å². The zero-order valence-electron chi connectivity index (χ0n) is 15.6. The third kappa shape index (κ3) is 4.07. The smallest absolute Gasteiger partial charge is 0.141 e. The Labute approximate surface area is 151 Å². The Bertz CT molecular complexity index is 725. The molecular weight excluding hydrogens is 310 g/mol. The Morgan fingerprint density at radius 3 is 2.68 bits per heavy atom. The van der Waals surface area contributed by atoms with E-state index in [2.05, 4.69) is 32.6 Å². The number of hydrogen-bond donors (Lipinski definition) is 2. The molecule has 1 aliphatic carbocycles. The molecular formula is C22H29NO2. The third-order valence-electron chi connectivity index (χ3n) is 5.27. The molecule has 2 N–H and O–H groups in total. The van der Waals surface area contributed by atoms with E-state index in [1.54, 1.807) is 6.07 Å². The fourth-order valence-electron chi connectivity index (χ4n) is 3.85. The lowest BCUT2D eigenvalue weighted by Gasteiger charge is -2.31. The lowest BCUT2D eigenvalue weighted by atomic mass is 9.73. The van der Waals surface area contributed by atoms with Crippen molar-refractivity contribution < 1.29 is 10.2 Å². The van der Waals surface area contributed by atoms with E-state index < -0.39 is 0 Å². The van der Waals surface area contributed by atoms with Crippen LogP contribution in [0, 0.1) is 17.2 Å². The first-order chi connectivity index (χ1) is 11.9. The van der Waals surface area contributed by atoms with Crippen molar-refractivity contribution in [3.8, 4) is 17.6 Å². The predicted molar refractivity (Wildman–Crippen MR) is 102 cm³/mol. The van der Waals surface area contributed by atoms with E-state index in [1.807, 2.05) is 6.92 Å². The molecule has 0 radical (unpaired) electrons. The minimum Gasteiger partial charge on any atom is -0.507 e. The van der Waals surface area contributed by atoms with E-state index in [0.717, 1.165) is 43.2 Å². The number of aryl methyl sites for hydroxylation is 1. The van der Waals surface area contributed by atoms with Gasteiger partial charge >= 0.3 is 0 Å². The second kappa shape index (κ2) is 8.25. The van der Waals surface area contributed by atoms with Crippen LogP contribution in [0.5, 0.6) is 11.5 Å². The topological polar surface area (TPSA) is 64.2 Å². The van der Waals surface area contributed by atoms with E-state index in [4.69, 9.17) is 0 Å². The van der Waals surface area contributed by atoms with Gasteiger partial charge in [-0.1, -0.05) is 43.6 Å². The van der Waals surface area contributed by atoms with Crippen molar-refractivity contribution in [2.45, 2.75) is 65.2 Å². The summed E-state index contributed by atoms with van der Waals surface area (Å²) in [4.78, 5) is 0. The number of unbranched alkanes of at least 4 members (excludes halogenated alkanes) is 2. The molecule has 1 aliphatic rings. The summed E-state index contributed by atoms with van der Waals surface area (Å²) in [5.74, 6) is 0.0578. The summed E-state index contributed by atoms with van der Waals surface area (Å²) in [5.41, 5.74) is 3.80. The highest BCUT2D eigenvalue weighted by atomic mass is 16.3. The van der Waals surface area contributed by atoms with Gasteiger partial charge in [0.05, 0.1) is 5.56 Å². The highest BCUT2D eigenvalue weighted by Gasteiger charge is 2.31. The molecule has 3 nitrogen and oxygen atoms in total. The van der Waals surface area contributed by atoms with Gasteiger partial charge in [0.1, 0.15) is 17.6 Å². The number of nitriles is 1. The average Bonchev–Trinajstić information content (AvgIpc) is 2.55. The maximum atomic E-state index is 10.8. The SMILES string of the molecule is C=C(C)[C@@H]1CCC(C)=C[C@H]1c1c(O)cc(CCCCC)c(C#N)c1O. The summed E-state index contributed by atoms with van der Waals surface area (Å²) in [6.45, 7) is 10.3. The Hall–Kier alpha value is -2.21. The Morgan fingerprint density at radius 1 is 1.36 bits per heavy atom. The Morgan fingerprint density at radius 2 is 2.08 bits per heavy atom. The van der Waals surface area contributed by atoms with Gasteiger partial charge in [-0.25, -0.2) is 0 Å². The Balaban J connectivity index is 2.52. The van der Waals surface area contributed by atoms with Crippen LogP contribution in [0.4, 0.5) is 0 Å². The van der Waals surface area contributed by atoms with Crippen LogP contribution in [0.15, 0.2) is 29.9 Å². The Kier molecular flexibility index (Phi) is 6.31. The molecule has 0 spiro atoms. The first-order valence-electron chi connectivity index (χ1n) is 9.21. The number of nitrogens with zero attached hydrogens (tertiary/aromatic N) is 1. The fraction of sp³-hybridized carbons (Fsp3) is 0.500. The summed E-state index contributed by atoms with van der Waals surface area (Å²) in [7, 11) is 0. The van der Waals surface area contributed by atoms with Crippen LogP contribution in [0.3, 0.4) is 0 Å². The molecule has 0 aliphatic heterocycles. The number of phenols is 2. The van der Waals surface area contributed by atoms with Gasteiger partial charge in [-0.3, -0.25) is 0 Å². The molecule has 0 amide bonds. The highest BCUT2D eigenvalue weighted by molar-refractivity contribution is 5.60. The van der Waals surface area contributed by atoms with E-state index in [9.17, 15) is 15.5 Å². The van der Waals surface area contributed by atoms with Crippen molar-refractivity contribution in [3.05, 3.63) is 46.6 Å². The molecule has 1 aromatic rings. The lowest BCUT2D eigenvalue weighted by molar-refractivity contribution is 0.405. The van der Waals surface area contributed by atoms with E-state index in [1.165, 1.54) is 5.57 Å². The number of hydrogen-bond acceptors (Lipinski definition) is 3. The van der Waals surface area contributed by atoms with Gasteiger partial charge < -0.3 is 10.2 Å². The number of benzene rings is 1. The lowest BCUT2D eigenvalue weighted by Crippen LogP contribution is -2.17. The molecule has 25 heavy (non-hydrogen) atoms. The zero-order chi connectivity index (χ0) is 18.6. The van der Waals surface area contributed by atoms with Gasteiger partial charge in [-0.2, -0.15) is 5.26 Å². The van der Waals surface area contributed by atoms with Crippen molar-refractivity contribution in [3.63, 3.8) is 0 Å². The second-order valence-corrected chi connectivity index (χ2v) is 7.29. The number of phenolic OH excluding ortho intramolecular Hbond substituents is 2. The maximum Gasteiger partial charge on any atom is 0.141 e. The summed E-state index contributed by atoms with van der Waals surface area (Å²) in [6, 6.07) is 3.83. The van der Waals surface area contributed by atoms with Crippen molar-refractivity contribution in [2.75, 3.05) is 0 Å². The maximum absolute atomic E-state index is 10.8. The quantitative estimate of drug-likeness (QED) is 0.515. The molecule has 0 unspecified atom stereocenters. The predicted octanol–water partition coefficient (Wildman–Crippen LogP) is 5.72. The first-order valence-corrected chi connectivity index (χ1v) is 9.21. The molecule has 134 valence electrons. The molecule has 1 aromatic carbocycles. The van der Waals surface area contributed by atoms with Crippen molar-refractivity contribution in [2.24, 2.45) is 5.92 Å². The van der Waals surface area contributed by atoms with Gasteiger partial charge in [0, 0.05) is 11.5 Å². The van der Waals surface area contributed by atoms with E-state index >= 15 is 0 Å². The standard InChI is InChI=1S/C22H29NO2/c1-5-6-7-8-16-12-20(24)21(22(25)19(16)13-23)18-11-15(4)9-10-17(18)14(2)3/h11-12,17-18,24-25H,2,5-10H2,1,3-4H3/t17-,18+/m0/s1. The van der Waals surface area contributed by atoms with Crippen molar-refractivity contribution in [1.29, 1.82) is 5.26 Å². The molecule has 2 atom stereocenters. The second-order valence-electron chi connectivity index (χ2n) is 7.29. The van der Waals surface area contributed by atoms with E-state index in [-0.39, 0.29) is 23.3 Å². The summed E-state index contributed by atoms with van der Waals surface area (Å²) in [5, 5.41) is 31.0. The van der Waals surface area contributed by atoms with Crippen LogP contribution in [0.1, 0.15) is 75.5 Å². The highest BCUT2D eigenvalue weighted by Crippen LogP contribution is 2.47. The van der Waals surface area contributed by atoms with Crippen molar-refractivity contribution >= 4 is 0 Å². The molecule has 0 bridgehead atoms. The van der Waals surface area contributed by atoms with Crippen LogP contribution in [-0.2, 0) is 6.42 Å². The van der Waals surface area contributed by atoms with Gasteiger partial charge in [0.25, 0.3) is 0 Å². The monoisotopic (exact) mass is 339 g/mol. The minimum absolute atomic E-state index is 0.0591. The first kappa shape index (κ1) is 19.1. The molecule has 3 heteroatoms. The number of allylic oxidation sites excluding steroid dienone is 3. The number of rotatable bonds is 6. The normalized spacial score (nSPS) is 20.0. The third-order valence-corrected chi connectivity index (χ3v) is 5.27.